The van der Waals surface area contributed by atoms with Crippen LogP contribution in [-0.2, 0) is 6.42 Å². The van der Waals surface area contributed by atoms with Gasteiger partial charge in [-0.1, -0.05) is 22.0 Å². The fraction of sp³-hybridized carbons (Fsp3) is 0.538. The van der Waals surface area contributed by atoms with Gasteiger partial charge in [-0.05, 0) is 58.2 Å². The fourth-order valence-corrected chi connectivity index (χ4v) is 2.05. The van der Waals surface area contributed by atoms with E-state index in [0.29, 0.717) is 6.04 Å². The predicted octanol–water partition coefficient (Wildman–Crippen LogP) is 2.67. The third kappa shape index (κ3) is 5.15. The lowest BCUT2D eigenvalue weighted by atomic mass is 10.0. The highest BCUT2D eigenvalue weighted by Crippen LogP contribution is 2.17. The summed E-state index contributed by atoms with van der Waals surface area (Å²) in [5.41, 5.74) is 0.770. The fourth-order valence-electron chi connectivity index (χ4n) is 1.72. The highest BCUT2D eigenvalue weighted by molar-refractivity contribution is 9.10. The van der Waals surface area contributed by atoms with E-state index in [0.717, 1.165) is 29.4 Å². The molecule has 4 heteroatoms. The molecule has 0 aliphatic heterocycles. The molecule has 0 heterocycles. The molecule has 1 atom stereocenters. The molecule has 0 aliphatic rings. The molecule has 0 aliphatic carbocycles. The zero-order chi connectivity index (χ0) is 12.8. The summed E-state index contributed by atoms with van der Waals surface area (Å²) in [7, 11) is 6.02. The monoisotopic (exact) mass is 302 g/mol. The number of likely N-dealkylation sites (N-methyl/N-ethyl adjacent to an activating group) is 1. The summed E-state index contributed by atoms with van der Waals surface area (Å²) >= 11 is 3.27. The first-order valence-electron chi connectivity index (χ1n) is 5.79. The summed E-state index contributed by atoms with van der Waals surface area (Å²) in [4.78, 5) is 2.14. The van der Waals surface area contributed by atoms with Gasteiger partial charge in [0, 0.05) is 10.5 Å². The van der Waals surface area contributed by atoms with Crippen molar-refractivity contribution >= 4 is 15.9 Å². The van der Waals surface area contributed by atoms with Crippen LogP contribution in [0, 0.1) is 5.82 Å². The lowest BCUT2D eigenvalue weighted by Crippen LogP contribution is -2.31. The topological polar surface area (TPSA) is 15.3 Å². The van der Waals surface area contributed by atoms with E-state index in [-0.39, 0.29) is 5.82 Å². The van der Waals surface area contributed by atoms with Gasteiger partial charge in [0.2, 0.25) is 0 Å². The average molecular weight is 303 g/mol. The second kappa shape index (κ2) is 7.09. The van der Waals surface area contributed by atoms with Crippen LogP contribution < -0.4 is 5.32 Å². The number of rotatable bonds is 6. The Morgan fingerprint density at radius 2 is 2.12 bits per heavy atom. The second-order valence-electron chi connectivity index (χ2n) is 4.52. The quantitative estimate of drug-likeness (QED) is 0.869. The predicted molar refractivity (Wildman–Crippen MR) is 73.8 cm³/mol. The first-order chi connectivity index (χ1) is 8.02. The standard InChI is InChI=1S/C13H20BrFN2/c1-16-12(6-7-17(2)3)8-10-4-5-11(14)9-13(10)15/h4-5,9,12,16H,6-8H2,1-3H3. The van der Waals surface area contributed by atoms with E-state index in [9.17, 15) is 4.39 Å². The zero-order valence-electron chi connectivity index (χ0n) is 10.6. The van der Waals surface area contributed by atoms with Crippen molar-refractivity contribution < 1.29 is 4.39 Å². The molecule has 1 aromatic rings. The molecule has 0 saturated heterocycles. The molecule has 0 bridgehead atoms. The van der Waals surface area contributed by atoms with Crippen LogP contribution >= 0.6 is 15.9 Å². The van der Waals surface area contributed by atoms with Crippen LogP contribution in [0.15, 0.2) is 22.7 Å². The van der Waals surface area contributed by atoms with Crippen molar-refractivity contribution in [2.24, 2.45) is 0 Å². The van der Waals surface area contributed by atoms with Crippen molar-refractivity contribution in [3.8, 4) is 0 Å². The molecule has 0 fully saturated rings. The number of hydrogen-bond acceptors (Lipinski definition) is 2. The zero-order valence-corrected chi connectivity index (χ0v) is 12.2. The molecule has 1 aromatic carbocycles. The lowest BCUT2D eigenvalue weighted by molar-refractivity contribution is 0.363. The van der Waals surface area contributed by atoms with Gasteiger partial charge in [-0.3, -0.25) is 0 Å². The summed E-state index contributed by atoms with van der Waals surface area (Å²) in [5.74, 6) is -0.135. The molecule has 96 valence electrons. The Bertz CT molecular complexity index is 355. The molecule has 0 amide bonds. The lowest BCUT2D eigenvalue weighted by Gasteiger charge is -2.19. The van der Waals surface area contributed by atoms with E-state index in [2.05, 4.69) is 26.1 Å². The van der Waals surface area contributed by atoms with Crippen molar-refractivity contribution in [3.63, 3.8) is 0 Å². The maximum absolute atomic E-state index is 13.7. The number of nitrogens with zero attached hydrogens (tertiary/aromatic N) is 1. The third-order valence-electron chi connectivity index (χ3n) is 2.81. The van der Waals surface area contributed by atoms with E-state index in [1.54, 1.807) is 0 Å². The van der Waals surface area contributed by atoms with Gasteiger partial charge in [0.25, 0.3) is 0 Å². The van der Waals surface area contributed by atoms with Gasteiger partial charge in [0.05, 0.1) is 0 Å². The van der Waals surface area contributed by atoms with Crippen molar-refractivity contribution in [1.82, 2.24) is 10.2 Å². The Kier molecular flexibility index (Phi) is 6.09. The molecule has 2 nitrogen and oxygen atoms in total. The third-order valence-corrected chi connectivity index (χ3v) is 3.31. The molecule has 0 saturated carbocycles. The van der Waals surface area contributed by atoms with Crippen LogP contribution in [0.4, 0.5) is 4.39 Å². The minimum Gasteiger partial charge on any atom is -0.317 e. The summed E-state index contributed by atoms with van der Waals surface area (Å²) in [5, 5.41) is 3.24. The molecule has 0 radical (unpaired) electrons. The summed E-state index contributed by atoms with van der Waals surface area (Å²) in [6, 6.07) is 5.57. The van der Waals surface area contributed by atoms with E-state index in [1.165, 1.54) is 6.07 Å². The van der Waals surface area contributed by atoms with Gasteiger partial charge in [0.15, 0.2) is 0 Å². The Balaban J connectivity index is 2.60. The Hall–Kier alpha value is -0.450. The molecule has 17 heavy (non-hydrogen) atoms. The van der Waals surface area contributed by atoms with Crippen LogP contribution in [0.1, 0.15) is 12.0 Å². The maximum atomic E-state index is 13.7. The normalized spacial score (nSPS) is 13.1. The van der Waals surface area contributed by atoms with Crippen LogP contribution in [0.3, 0.4) is 0 Å². The van der Waals surface area contributed by atoms with Gasteiger partial charge in [-0.2, -0.15) is 0 Å². The highest BCUT2D eigenvalue weighted by Gasteiger charge is 2.11. The van der Waals surface area contributed by atoms with Gasteiger partial charge in [0.1, 0.15) is 5.82 Å². The van der Waals surface area contributed by atoms with Crippen LogP contribution in [0.2, 0.25) is 0 Å². The Labute approximate surface area is 111 Å². The van der Waals surface area contributed by atoms with Crippen molar-refractivity contribution in [1.29, 1.82) is 0 Å². The molecule has 1 unspecified atom stereocenters. The smallest absolute Gasteiger partial charge is 0.127 e. The van der Waals surface area contributed by atoms with E-state index >= 15 is 0 Å². The summed E-state index contributed by atoms with van der Waals surface area (Å²) in [6.45, 7) is 1.00. The number of nitrogens with one attached hydrogen (secondary N) is 1. The largest absolute Gasteiger partial charge is 0.317 e. The molecule has 0 aromatic heterocycles. The van der Waals surface area contributed by atoms with Gasteiger partial charge in [-0.25, -0.2) is 4.39 Å². The molecular formula is C13H20BrFN2. The maximum Gasteiger partial charge on any atom is 0.127 e. The van der Waals surface area contributed by atoms with Gasteiger partial charge < -0.3 is 10.2 Å². The van der Waals surface area contributed by atoms with Crippen molar-refractivity contribution in [2.75, 3.05) is 27.7 Å². The summed E-state index contributed by atoms with van der Waals surface area (Å²) in [6.07, 6.45) is 1.74. The number of benzene rings is 1. The number of halogens is 2. The first kappa shape index (κ1) is 14.6. The van der Waals surface area contributed by atoms with Gasteiger partial charge >= 0.3 is 0 Å². The van der Waals surface area contributed by atoms with E-state index in [4.69, 9.17) is 0 Å². The van der Waals surface area contributed by atoms with Crippen molar-refractivity contribution in [2.45, 2.75) is 18.9 Å². The molecule has 0 spiro atoms. The summed E-state index contributed by atoms with van der Waals surface area (Å²) < 4.78 is 14.5. The SMILES string of the molecule is CNC(CCN(C)C)Cc1ccc(Br)cc1F. The van der Waals surface area contributed by atoms with Crippen LogP contribution in [-0.4, -0.2) is 38.6 Å². The minimum atomic E-state index is -0.135. The second-order valence-corrected chi connectivity index (χ2v) is 5.43. The molecule has 1 N–H and O–H groups in total. The van der Waals surface area contributed by atoms with Crippen LogP contribution in [0.5, 0.6) is 0 Å². The van der Waals surface area contributed by atoms with Crippen LogP contribution in [0.25, 0.3) is 0 Å². The molecule has 1 rings (SSSR count). The minimum absolute atomic E-state index is 0.135. The Morgan fingerprint density at radius 1 is 1.41 bits per heavy atom. The van der Waals surface area contributed by atoms with Gasteiger partial charge in [-0.15, -0.1) is 0 Å². The van der Waals surface area contributed by atoms with Crippen molar-refractivity contribution in [3.05, 3.63) is 34.1 Å². The Morgan fingerprint density at radius 3 is 2.65 bits per heavy atom. The van der Waals surface area contributed by atoms with E-state index < -0.39 is 0 Å². The molecular weight excluding hydrogens is 283 g/mol. The first-order valence-corrected chi connectivity index (χ1v) is 6.58. The average Bonchev–Trinajstić information content (AvgIpc) is 2.26. The number of hydrogen-bond donors (Lipinski definition) is 1. The van der Waals surface area contributed by atoms with E-state index in [1.807, 2.05) is 33.3 Å². The highest BCUT2D eigenvalue weighted by atomic mass is 79.9.